The summed E-state index contributed by atoms with van der Waals surface area (Å²) in [5.74, 6) is 2.35. The number of nitrogens with one attached hydrogen (secondary N) is 1. The molecule has 0 aromatic heterocycles. The van der Waals surface area contributed by atoms with E-state index in [2.05, 4.69) is 12.2 Å². The Morgan fingerprint density at radius 1 is 1.24 bits per heavy atom. The summed E-state index contributed by atoms with van der Waals surface area (Å²) in [5.41, 5.74) is -0.405. The minimum atomic E-state index is -0.405. The second-order valence-electron chi connectivity index (χ2n) is 8.36. The lowest BCUT2D eigenvalue weighted by Gasteiger charge is -2.58. The second kappa shape index (κ2) is 4.87. The first-order valence-corrected chi connectivity index (χ1v) is 8.80. The van der Waals surface area contributed by atoms with E-state index in [1.165, 1.54) is 19.3 Å². The molecule has 4 nitrogen and oxygen atoms in total. The van der Waals surface area contributed by atoms with Crippen molar-refractivity contribution in [2.24, 2.45) is 23.7 Å². The van der Waals surface area contributed by atoms with Gasteiger partial charge < -0.3 is 15.3 Å². The van der Waals surface area contributed by atoms with E-state index in [1.807, 2.05) is 4.90 Å². The molecule has 1 saturated heterocycles. The monoisotopic (exact) mass is 292 g/mol. The molecule has 5 unspecified atom stereocenters. The molecule has 21 heavy (non-hydrogen) atoms. The molecule has 0 aromatic carbocycles. The van der Waals surface area contributed by atoms with Gasteiger partial charge in [0, 0.05) is 19.1 Å². The van der Waals surface area contributed by atoms with Crippen molar-refractivity contribution in [3.05, 3.63) is 0 Å². The number of amides is 2. The van der Waals surface area contributed by atoms with Crippen LogP contribution < -0.4 is 5.32 Å². The molecule has 6 atom stereocenters. The highest BCUT2D eigenvalue weighted by atomic mass is 16.3. The Bertz CT molecular complexity index is 423. The molecule has 5 fully saturated rings. The minimum Gasteiger partial charge on any atom is -0.390 e. The number of likely N-dealkylation sites (tertiary alicyclic amines) is 1. The molecule has 5 rings (SSSR count). The zero-order chi connectivity index (χ0) is 14.6. The lowest BCUT2D eigenvalue weighted by molar-refractivity contribution is -0.137. The van der Waals surface area contributed by atoms with Crippen LogP contribution in [0.5, 0.6) is 0 Å². The predicted octanol–water partition coefficient (Wildman–Crippen LogP) is 2.37. The molecule has 0 aromatic rings. The summed E-state index contributed by atoms with van der Waals surface area (Å²) < 4.78 is 0. The average molecular weight is 292 g/mol. The zero-order valence-corrected chi connectivity index (χ0v) is 13.1. The number of hydrogen-bond donors (Lipinski definition) is 2. The van der Waals surface area contributed by atoms with Crippen LogP contribution in [-0.4, -0.2) is 40.8 Å². The van der Waals surface area contributed by atoms with E-state index < -0.39 is 5.60 Å². The number of carbonyl (C=O) groups excluding carboxylic acids is 1. The van der Waals surface area contributed by atoms with Crippen molar-refractivity contribution in [1.82, 2.24) is 10.2 Å². The van der Waals surface area contributed by atoms with Gasteiger partial charge in [0.05, 0.1) is 5.60 Å². The van der Waals surface area contributed by atoms with E-state index in [1.54, 1.807) is 0 Å². The summed E-state index contributed by atoms with van der Waals surface area (Å²) in [6, 6.07) is 0.456. The van der Waals surface area contributed by atoms with Gasteiger partial charge in [0.2, 0.25) is 0 Å². The molecule has 2 amide bonds. The molecule has 0 radical (unpaired) electrons. The highest BCUT2D eigenvalue weighted by molar-refractivity contribution is 5.74. The van der Waals surface area contributed by atoms with Crippen LogP contribution in [0.3, 0.4) is 0 Å². The molecule has 2 N–H and O–H groups in total. The summed E-state index contributed by atoms with van der Waals surface area (Å²) in [4.78, 5) is 14.6. The number of rotatable bonds is 1. The van der Waals surface area contributed by atoms with Gasteiger partial charge in [-0.2, -0.15) is 0 Å². The van der Waals surface area contributed by atoms with Crippen molar-refractivity contribution in [2.45, 2.75) is 63.5 Å². The van der Waals surface area contributed by atoms with Crippen LogP contribution in [-0.2, 0) is 0 Å². The maximum Gasteiger partial charge on any atom is 0.317 e. The fourth-order valence-electron chi connectivity index (χ4n) is 5.82. The quantitative estimate of drug-likeness (QED) is 0.779. The second-order valence-corrected chi connectivity index (χ2v) is 8.36. The third-order valence-electron chi connectivity index (χ3n) is 6.48. The lowest BCUT2D eigenvalue weighted by Crippen LogP contribution is -2.63. The molecule has 4 aliphatic carbocycles. The van der Waals surface area contributed by atoms with E-state index in [-0.39, 0.29) is 6.03 Å². The van der Waals surface area contributed by atoms with Crippen LogP contribution in [0.2, 0.25) is 0 Å². The number of hydrogen-bond acceptors (Lipinski definition) is 2. The Morgan fingerprint density at radius 3 is 2.57 bits per heavy atom. The van der Waals surface area contributed by atoms with Crippen molar-refractivity contribution in [2.75, 3.05) is 13.1 Å². The Hall–Kier alpha value is -0.770. The van der Waals surface area contributed by atoms with Crippen LogP contribution in [0, 0.1) is 23.7 Å². The Balaban J connectivity index is 1.42. The summed E-state index contributed by atoms with van der Waals surface area (Å²) in [5, 5.41) is 14.0. The molecule has 118 valence electrons. The molecule has 5 aliphatic rings. The first-order valence-electron chi connectivity index (χ1n) is 8.80. The van der Waals surface area contributed by atoms with E-state index in [0.29, 0.717) is 29.7 Å². The minimum absolute atomic E-state index is 0.144. The number of aliphatic hydroxyl groups is 1. The van der Waals surface area contributed by atoms with Crippen molar-refractivity contribution in [3.8, 4) is 0 Å². The molecule has 1 aliphatic heterocycles. The van der Waals surface area contributed by atoms with Crippen LogP contribution in [0.1, 0.15) is 51.9 Å². The summed E-state index contributed by atoms with van der Waals surface area (Å²) in [7, 11) is 0. The molecule has 4 saturated carbocycles. The maximum absolute atomic E-state index is 12.6. The van der Waals surface area contributed by atoms with Gasteiger partial charge in [0.15, 0.2) is 0 Å². The van der Waals surface area contributed by atoms with Gasteiger partial charge in [-0.05, 0) is 68.6 Å². The highest BCUT2D eigenvalue weighted by Crippen LogP contribution is 2.55. The van der Waals surface area contributed by atoms with E-state index >= 15 is 0 Å². The van der Waals surface area contributed by atoms with Gasteiger partial charge in [0.1, 0.15) is 0 Å². The first kappa shape index (κ1) is 13.9. The predicted molar refractivity (Wildman–Crippen MR) is 80.8 cm³/mol. The standard InChI is InChI=1S/C17H28N2O2/c1-11-3-2-4-19(10-11)16(20)18-15-13-5-12-6-14(15)9-17(21,7-12)8-13/h11-15,21H,2-10H2,1H3,(H,18,20)/t11?,12?,13-,14?,15?,17?/m0/s1. The van der Waals surface area contributed by atoms with Gasteiger partial charge in [-0.3, -0.25) is 0 Å². The smallest absolute Gasteiger partial charge is 0.317 e. The van der Waals surface area contributed by atoms with Crippen molar-refractivity contribution in [1.29, 1.82) is 0 Å². The van der Waals surface area contributed by atoms with Gasteiger partial charge >= 0.3 is 6.03 Å². The van der Waals surface area contributed by atoms with Crippen LogP contribution in [0.25, 0.3) is 0 Å². The fourth-order valence-corrected chi connectivity index (χ4v) is 5.82. The molecular formula is C17H28N2O2. The third-order valence-corrected chi connectivity index (χ3v) is 6.48. The first-order chi connectivity index (χ1) is 10.0. The van der Waals surface area contributed by atoms with Gasteiger partial charge in [-0.1, -0.05) is 6.92 Å². The van der Waals surface area contributed by atoms with Crippen molar-refractivity contribution >= 4 is 6.03 Å². The molecule has 0 spiro atoms. The van der Waals surface area contributed by atoms with Crippen LogP contribution in [0.15, 0.2) is 0 Å². The molecule has 4 bridgehead atoms. The van der Waals surface area contributed by atoms with E-state index in [4.69, 9.17) is 0 Å². The number of carbonyl (C=O) groups is 1. The highest BCUT2D eigenvalue weighted by Gasteiger charge is 2.55. The largest absolute Gasteiger partial charge is 0.390 e. The number of urea groups is 1. The van der Waals surface area contributed by atoms with E-state index in [9.17, 15) is 9.90 Å². The summed E-state index contributed by atoms with van der Waals surface area (Å²) in [6.45, 7) is 4.04. The summed E-state index contributed by atoms with van der Waals surface area (Å²) >= 11 is 0. The lowest BCUT2D eigenvalue weighted by atomic mass is 9.52. The number of piperidine rings is 1. The molecular weight excluding hydrogens is 264 g/mol. The fraction of sp³-hybridized carbons (Fsp3) is 0.941. The van der Waals surface area contributed by atoms with Gasteiger partial charge in [-0.25, -0.2) is 4.79 Å². The Labute approximate surface area is 127 Å². The maximum atomic E-state index is 12.6. The van der Waals surface area contributed by atoms with Crippen LogP contribution >= 0.6 is 0 Å². The SMILES string of the molecule is CC1CCCN(C(=O)NC2C3CC4C[C@H]2CC(O)(C4)C3)C1. The summed E-state index contributed by atoms with van der Waals surface area (Å²) in [6.07, 6.45) is 7.61. The van der Waals surface area contributed by atoms with Crippen molar-refractivity contribution in [3.63, 3.8) is 0 Å². The van der Waals surface area contributed by atoms with Crippen LogP contribution in [0.4, 0.5) is 4.79 Å². The molecule has 4 heteroatoms. The topological polar surface area (TPSA) is 52.6 Å². The normalized spacial score (nSPS) is 48.5. The van der Waals surface area contributed by atoms with Gasteiger partial charge in [-0.15, -0.1) is 0 Å². The number of nitrogens with zero attached hydrogens (tertiary/aromatic N) is 1. The Kier molecular flexibility index (Phi) is 3.21. The van der Waals surface area contributed by atoms with Crippen molar-refractivity contribution < 1.29 is 9.90 Å². The van der Waals surface area contributed by atoms with Gasteiger partial charge in [0.25, 0.3) is 0 Å². The Morgan fingerprint density at radius 2 is 1.95 bits per heavy atom. The molecule has 1 heterocycles. The van der Waals surface area contributed by atoms with E-state index in [0.717, 1.165) is 38.8 Å². The zero-order valence-electron chi connectivity index (χ0n) is 13.1. The third kappa shape index (κ3) is 2.45. The average Bonchev–Trinajstić information content (AvgIpc) is 2.41.